The first kappa shape index (κ1) is 30.6. The minimum atomic E-state index is -1.05. The molecule has 0 heterocycles. The molecule has 10 heteroatoms. The van der Waals surface area contributed by atoms with E-state index < -0.39 is 35.8 Å². The number of carbonyl (C=O) groups excluding carboxylic acids is 5. The SMILES string of the molecule is COC(=O)C(Cc1ccc(OC(C)=O)cc1)NC(=O)[C@H](Cc1ccc(NC(C)=O)cc1)NC(=O)c1ccc(C)cc1. The fourth-order valence-corrected chi connectivity index (χ4v) is 4.02. The van der Waals surface area contributed by atoms with E-state index in [0.29, 0.717) is 22.6 Å². The van der Waals surface area contributed by atoms with Crippen molar-refractivity contribution >= 4 is 35.3 Å². The Morgan fingerprint density at radius 2 is 1.29 bits per heavy atom. The quantitative estimate of drug-likeness (QED) is 0.242. The van der Waals surface area contributed by atoms with Crippen LogP contribution in [0.1, 0.15) is 40.9 Å². The Labute approximate surface area is 238 Å². The van der Waals surface area contributed by atoms with Gasteiger partial charge in [0.2, 0.25) is 11.8 Å². The molecular weight excluding hydrogens is 526 g/mol. The fraction of sp³-hybridized carbons (Fsp3) is 0.258. The summed E-state index contributed by atoms with van der Waals surface area (Å²) in [5, 5.41) is 8.18. The number of rotatable bonds is 11. The van der Waals surface area contributed by atoms with Gasteiger partial charge in [0.15, 0.2) is 0 Å². The molecule has 0 fully saturated rings. The Morgan fingerprint density at radius 1 is 0.732 bits per heavy atom. The normalized spacial score (nSPS) is 11.9. The highest BCUT2D eigenvalue weighted by Crippen LogP contribution is 2.15. The zero-order valence-corrected chi connectivity index (χ0v) is 23.4. The Kier molecular flexibility index (Phi) is 10.7. The largest absolute Gasteiger partial charge is 0.467 e. The van der Waals surface area contributed by atoms with Crippen molar-refractivity contribution in [1.82, 2.24) is 10.6 Å². The van der Waals surface area contributed by atoms with Gasteiger partial charge in [-0.05, 0) is 54.4 Å². The molecule has 0 saturated heterocycles. The number of benzene rings is 3. The molecular formula is C31H33N3O7. The molecule has 10 nitrogen and oxygen atoms in total. The van der Waals surface area contributed by atoms with Crippen LogP contribution in [-0.2, 0) is 36.8 Å². The molecule has 0 spiro atoms. The fourth-order valence-electron chi connectivity index (χ4n) is 4.02. The van der Waals surface area contributed by atoms with Gasteiger partial charge in [-0.2, -0.15) is 0 Å². The second kappa shape index (κ2) is 14.4. The van der Waals surface area contributed by atoms with Crippen molar-refractivity contribution in [1.29, 1.82) is 0 Å². The smallest absolute Gasteiger partial charge is 0.328 e. The molecule has 0 bridgehead atoms. The standard InChI is InChI=1S/C31H33N3O7/c1-19-5-11-24(12-6-19)29(37)33-27(17-22-7-13-25(14-8-22)32-20(2)35)30(38)34-28(31(39)40-4)18-23-9-15-26(16-10-23)41-21(3)36/h5-16,27-28H,17-18H2,1-4H3,(H,32,35)(H,33,37)(H,34,38)/t27-,28?/m0/s1. The number of aryl methyl sites for hydroxylation is 1. The average Bonchev–Trinajstić information content (AvgIpc) is 2.93. The summed E-state index contributed by atoms with van der Waals surface area (Å²) in [6, 6.07) is 18.2. The molecule has 0 aliphatic rings. The van der Waals surface area contributed by atoms with E-state index in [1.54, 1.807) is 72.8 Å². The maximum atomic E-state index is 13.5. The van der Waals surface area contributed by atoms with Crippen LogP contribution in [0.3, 0.4) is 0 Å². The summed E-state index contributed by atoms with van der Waals surface area (Å²) in [4.78, 5) is 61.7. The van der Waals surface area contributed by atoms with E-state index in [-0.39, 0.29) is 18.7 Å². The summed E-state index contributed by atoms with van der Waals surface area (Å²) in [5.41, 5.74) is 3.37. The molecule has 3 amide bonds. The van der Waals surface area contributed by atoms with Gasteiger partial charge in [-0.25, -0.2) is 4.79 Å². The van der Waals surface area contributed by atoms with Crippen molar-refractivity contribution in [2.24, 2.45) is 0 Å². The number of methoxy groups -OCH3 is 1. The average molecular weight is 560 g/mol. The number of hydrogen-bond acceptors (Lipinski definition) is 7. The summed E-state index contributed by atoms with van der Waals surface area (Å²) in [6.07, 6.45) is 0.220. The van der Waals surface area contributed by atoms with Crippen LogP contribution in [-0.4, -0.2) is 48.9 Å². The Bertz CT molecular complexity index is 1380. The third kappa shape index (κ3) is 9.61. The van der Waals surface area contributed by atoms with Gasteiger partial charge in [-0.1, -0.05) is 42.0 Å². The first-order valence-corrected chi connectivity index (χ1v) is 12.9. The molecule has 0 aromatic heterocycles. The molecule has 41 heavy (non-hydrogen) atoms. The van der Waals surface area contributed by atoms with Crippen molar-refractivity contribution in [3.05, 3.63) is 95.1 Å². The van der Waals surface area contributed by atoms with Gasteiger partial charge in [0, 0.05) is 37.9 Å². The minimum Gasteiger partial charge on any atom is -0.467 e. The molecule has 3 rings (SSSR count). The van der Waals surface area contributed by atoms with Crippen molar-refractivity contribution < 1.29 is 33.4 Å². The van der Waals surface area contributed by atoms with Crippen LogP contribution in [0.2, 0.25) is 0 Å². The van der Waals surface area contributed by atoms with Crippen molar-refractivity contribution in [2.75, 3.05) is 12.4 Å². The lowest BCUT2D eigenvalue weighted by molar-refractivity contribution is -0.145. The Balaban J connectivity index is 1.81. The lowest BCUT2D eigenvalue weighted by atomic mass is 10.0. The van der Waals surface area contributed by atoms with Gasteiger partial charge in [-0.15, -0.1) is 0 Å². The number of hydrogen-bond donors (Lipinski definition) is 3. The first-order valence-electron chi connectivity index (χ1n) is 12.9. The second-order valence-electron chi connectivity index (χ2n) is 9.50. The van der Waals surface area contributed by atoms with Crippen LogP contribution in [0, 0.1) is 6.92 Å². The molecule has 0 radical (unpaired) electrons. The molecule has 214 valence electrons. The maximum Gasteiger partial charge on any atom is 0.328 e. The number of amides is 3. The van der Waals surface area contributed by atoms with Crippen LogP contribution in [0.25, 0.3) is 0 Å². The van der Waals surface area contributed by atoms with E-state index in [2.05, 4.69) is 16.0 Å². The summed E-state index contributed by atoms with van der Waals surface area (Å²) < 4.78 is 9.96. The monoisotopic (exact) mass is 559 g/mol. The van der Waals surface area contributed by atoms with Gasteiger partial charge in [0.25, 0.3) is 5.91 Å². The molecule has 1 unspecified atom stereocenters. The molecule has 0 aliphatic heterocycles. The highest BCUT2D eigenvalue weighted by atomic mass is 16.5. The number of esters is 2. The van der Waals surface area contributed by atoms with Crippen LogP contribution in [0.15, 0.2) is 72.8 Å². The van der Waals surface area contributed by atoms with E-state index in [1.165, 1.54) is 21.0 Å². The molecule has 3 aromatic rings. The predicted molar refractivity (Wildman–Crippen MR) is 152 cm³/mol. The predicted octanol–water partition coefficient (Wildman–Crippen LogP) is 3.12. The Morgan fingerprint density at radius 3 is 1.83 bits per heavy atom. The Hall–Kier alpha value is -4.99. The number of ether oxygens (including phenoxy) is 2. The zero-order valence-electron chi connectivity index (χ0n) is 23.4. The third-order valence-electron chi connectivity index (χ3n) is 6.08. The van der Waals surface area contributed by atoms with Crippen LogP contribution < -0.4 is 20.7 Å². The minimum absolute atomic E-state index is 0.100. The van der Waals surface area contributed by atoms with Gasteiger partial charge in [0.05, 0.1) is 7.11 Å². The van der Waals surface area contributed by atoms with E-state index in [0.717, 1.165) is 11.1 Å². The van der Waals surface area contributed by atoms with Gasteiger partial charge >= 0.3 is 11.9 Å². The topological polar surface area (TPSA) is 140 Å². The summed E-state index contributed by atoms with van der Waals surface area (Å²) >= 11 is 0. The number of anilines is 1. The summed E-state index contributed by atoms with van der Waals surface area (Å²) in [6.45, 7) is 4.60. The lowest BCUT2D eigenvalue weighted by Crippen LogP contribution is -2.53. The first-order chi connectivity index (χ1) is 19.5. The third-order valence-corrected chi connectivity index (χ3v) is 6.08. The molecule has 0 aliphatic carbocycles. The van der Waals surface area contributed by atoms with Gasteiger partial charge in [-0.3, -0.25) is 19.2 Å². The number of nitrogens with one attached hydrogen (secondary N) is 3. The van der Waals surface area contributed by atoms with Crippen LogP contribution >= 0.6 is 0 Å². The molecule has 3 aromatic carbocycles. The zero-order chi connectivity index (χ0) is 29.9. The highest BCUT2D eigenvalue weighted by Gasteiger charge is 2.28. The highest BCUT2D eigenvalue weighted by molar-refractivity contribution is 5.98. The summed E-state index contributed by atoms with van der Waals surface area (Å²) in [5.74, 6) is -2.01. The van der Waals surface area contributed by atoms with E-state index >= 15 is 0 Å². The van der Waals surface area contributed by atoms with Crippen LogP contribution in [0.5, 0.6) is 5.75 Å². The molecule has 0 saturated carbocycles. The summed E-state index contributed by atoms with van der Waals surface area (Å²) in [7, 11) is 1.22. The number of carbonyl (C=O) groups is 5. The lowest BCUT2D eigenvalue weighted by Gasteiger charge is -2.23. The van der Waals surface area contributed by atoms with Crippen molar-refractivity contribution in [3.8, 4) is 5.75 Å². The van der Waals surface area contributed by atoms with Gasteiger partial charge < -0.3 is 25.4 Å². The second-order valence-corrected chi connectivity index (χ2v) is 9.50. The van der Waals surface area contributed by atoms with Gasteiger partial charge in [0.1, 0.15) is 17.8 Å². The van der Waals surface area contributed by atoms with E-state index in [9.17, 15) is 24.0 Å². The van der Waals surface area contributed by atoms with E-state index in [1.807, 2.05) is 6.92 Å². The maximum absolute atomic E-state index is 13.5. The van der Waals surface area contributed by atoms with Crippen molar-refractivity contribution in [3.63, 3.8) is 0 Å². The molecule has 3 N–H and O–H groups in total. The van der Waals surface area contributed by atoms with Crippen LogP contribution in [0.4, 0.5) is 5.69 Å². The van der Waals surface area contributed by atoms with Crippen molar-refractivity contribution in [2.45, 2.75) is 45.7 Å². The molecule has 2 atom stereocenters. The van der Waals surface area contributed by atoms with E-state index in [4.69, 9.17) is 9.47 Å².